The summed E-state index contributed by atoms with van der Waals surface area (Å²) in [5, 5.41) is 12.0. The molecule has 0 bridgehead atoms. The molecule has 0 aliphatic carbocycles. The molecule has 19 heavy (non-hydrogen) atoms. The SMILES string of the molecule is O=C(O)Cc1csc(CCOc2ccc(Cl)cc2)n1. The number of aromatic nitrogens is 1. The van der Waals surface area contributed by atoms with Crippen LogP contribution in [0.3, 0.4) is 0 Å². The summed E-state index contributed by atoms with van der Waals surface area (Å²) < 4.78 is 5.55. The number of benzene rings is 1. The summed E-state index contributed by atoms with van der Waals surface area (Å²) >= 11 is 7.23. The van der Waals surface area contributed by atoms with Crippen molar-refractivity contribution in [2.75, 3.05) is 6.61 Å². The van der Waals surface area contributed by atoms with Gasteiger partial charge in [0.25, 0.3) is 0 Å². The molecule has 1 aromatic heterocycles. The van der Waals surface area contributed by atoms with Gasteiger partial charge in [-0.05, 0) is 24.3 Å². The summed E-state index contributed by atoms with van der Waals surface area (Å²) in [6, 6.07) is 7.15. The number of nitrogens with zero attached hydrogens (tertiary/aromatic N) is 1. The minimum absolute atomic E-state index is 0.0332. The molecule has 2 rings (SSSR count). The quantitative estimate of drug-likeness (QED) is 0.890. The molecule has 0 unspecified atom stereocenters. The highest BCUT2D eigenvalue weighted by Gasteiger charge is 2.06. The van der Waals surface area contributed by atoms with Crippen LogP contribution in [0.25, 0.3) is 0 Å². The second-order valence-electron chi connectivity index (χ2n) is 3.86. The molecule has 2 aromatic rings. The average molecular weight is 298 g/mol. The Labute approximate surface area is 119 Å². The fourth-order valence-electron chi connectivity index (χ4n) is 1.49. The van der Waals surface area contributed by atoms with Crippen LogP contribution in [0.1, 0.15) is 10.7 Å². The number of ether oxygens (including phenoxy) is 1. The Morgan fingerprint density at radius 2 is 2.11 bits per heavy atom. The standard InChI is InChI=1S/C13H12ClNO3S/c14-9-1-3-11(4-2-9)18-6-5-12-15-10(8-19-12)7-13(16)17/h1-4,8H,5-7H2,(H,16,17). The van der Waals surface area contributed by atoms with E-state index in [9.17, 15) is 4.79 Å². The summed E-state index contributed by atoms with van der Waals surface area (Å²) in [6.07, 6.45) is 0.626. The van der Waals surface area contributed by atoms with Crippen LogP contribution in [0, 0.1) is 0 Å². The van der Waals surface area contributed by atoms with Gasteiger partial charge in [0.2, 0.25) is 0 Å². The topological polar surface area (TPSA) is 59.4 Å². The zero-order valence-electron chi connectivity index (χ0n) is 10.0. The van der Waals surface area contributed by atoms with Crippen LogP contribution in [-0.2, 0) is 17.6 Å². The summed E-state index contributed by atoms with van der Waals surface area (Å²) in [6.45, 7) is 0.502. The van der Waals surface area contributed by atoms with Crippen molar-refractivity contribution in [3.8, 4) is 5.75 Å². The van der Waals surface area contributed by atoms with Gasteiger partial charge in [0.1, 0.15) is 5.75 Å². The molecular formula is C13H12ClNO3S. The molecule has 0 saturated heterocycles. The Bertz CT molecular complexity index is 553. The Balaban J connectivity index is 1.80. The first-order valence-corrected chi connectivity index (χ1v) is 6.92. The lowest BCUT2D eigenvalue weighted by Gasteiger charge is -2.04. The number of rotatable bonds is 6. The summed E-state index contributed by atoms with van der Waals surface area (Å²) in [4.78, 5) is 14.8. The maximum Gasteiger partial charge on any atom is 0.309 e. The minimum atomic E-state index is -0.866. The van der Waals surface area contributed by atoms with Gasteiger partial charge in [0, 0.05) is 16.8 Å². The molecule has 1 aromatic carbocycles. The number of carboxylic acid groups (broad SMARTS) is 1. The van der Waals surface area contributed by atoms with E-state index in [0.29, 0.717) is 23.7 Å². The smallest absolute Gasteiger partial charge is 0.309 e. The third-order valence-corrected chi connectivity index (χ3v) is 3.54. The maximum absolute atomic E-state index is 10.5. The number of aliphatic carboxylic acids is 1. The van der Waals surface area contributed by atoms with Crippen LogP contribution in [0.15, 0.2) is 29.6 Å². The van der Waals surface area contributed by atoms with Gasteiger partial charge < -0.3 is 9.84 Å². The van der Waals surface area contributed by atoms with E-state index in [2.05, 4.69) is 4.98 Å². The summed E-state index contributed by atoms with van der Waals surface area (Å²) in [7, 11) is 0. The molecule has 0 saturated carbocycles. The number of hydrogen-bond donors (Lipinski definition) is 1. The van der Waals surface area contributed by atoms with Gasteiger partial charge in [0.05, 0.1) is 23.7 Å². The second-order valence-corrected chi connectivity index (χ2v) is 5.23. The first-order valence-electron chi connectivity index (χ1n) is 5.67. The first-order chi connectivity index (χ1) is 9.13. The zero-order valence-corrected chi connectivity index (χ0v) is 11.6. The fourth-order valence-corrected chi connectivity index (χ4v) is 2.39. The third kappa shape index (κ3) is 4.54. The van der Waals surface area contributed by atoms with Crippen molar-refractivity contribution in [1.82, 2.24) is 4.98 Å². The van der Waals surface area contributed by atoms with E-state index in [-0.39, 0.29) is 6.42 Å². The molecule has 0 atom stereocenters. The molecular weight excluding hydrogens is 286 g/mol. The lowest BCUT2D eigenvalue weighted by atomic mass is 10.3. The monoisotopic (exact) mass is 297 g/mol. The highest BCUT2D eigenvalue weighted by molar-refractivity contribution is 7.09. The van der Waals surface area contributed by atoms with E-state index in [1.54, 1.807) is 29.6 Å². The summed E-state index contributed by atoms with van der Waals surface area (Å²) in [5.74, 6) is -0.110. The maximum atomic E-state index is 10.5. The molecule has 4 nitrogen and oxygen atoms in total. The Hall–Kier alpha value is -1.59. The number of carboxylic acids is 1. The van der Waals surface area contributed by atoms with Gasteiger partial charge in [0.15, 0.2) is 0 Å². The average Bonchev–Trinajstić information content (AvgIpc) is 2.78. The zero-order chi connectivity index (χ0) is 13.7. The summed E-state index contributed by atoms with van der Waals surface area (Å²) in [5.41, 5.74) is 0.596. The molecule has 0 fully saturated rings. The molecule has 0 spiro atoms. The number of halogens is 1. The van der Waals surface area contributed by atoms with E-state index in [1.807, 2.05) is 0 Å². The molecule has 100 valence electrons. The molecule has 0 aliphatic heterocycles. The predicted octanol–water partition coefficient (Wildman–Crippen LogP) is 3.05. The van der Waals surface area contributed by atoms with Crippen LogP contribution in [-0.4, -0.2) is 22.7 Å². The highest BCUT2D eigenvalue weighted by Crippen LogP contribution is 2.16. The second kappa shape index (κ2) is 6.54. The van der Waals surface area contributed by atoms with Crippen LogP contribution in [0.5, 0.6) is 5.75 Å². The molecule has 1 heterocycles. The molecule has 0 amide bonds. The van der Waals surface area contributed by atoms with Gasteiger partial charge in [-0.15, -0.1) is 11.3 Å². The van der Waals surface area contributed by atoms with Crippen LogP contribution >= 0.6 is 22.9 Å². The predicted molar refractivity (Wildman–Crippen MR) is 74.1 cm³/mol. The lowest BCUT2D eigenvalue weighted by molar-refractivity contribution is -0.136. The Morgan fingerprint density at radius 3 is 2.79 bits per heavy atom. The van der Waals surface area contributed by atoms with E-state index in [4.69, 9.17) is 21.4 Å². The minimum Gasteiger partial charge on any atom is -0.493 e. The Kier molecular flexibility index (Phi) is 4.76. The van der Waals surface area contributed by atoms with Crippen molar-refractivity contribution >= 4 is 28.9 Å². The van der Waals surface area contributed by atoms with E-state index >= 15 is 0 Å². The molecule has 0 radical (unpaired) electrons. The van der Waals surface area contributed by atoms with E-state index in [0.717, 1.165) is 10.8 Å². The van der Waals surface area contributed by atoms with Crippen molar-refractivity contribution in [3.63, 3.8) is 0 Å². The lowest BCUT2D eigenvalue weighted by Crippen LogP contribution is -2.03. The normalized spacial score (nSPS) is 10.4. The van der Waals surface area contributed by atoms with Crippen LogP contribution in [0.2, 0.25) is 5.02 Å². The number of thiazole rings is 1. The van der Waals surface area contributed by atoms with Gasteiger partial charge in [-0.3, -0.25) is 4.79 Å². The van der Waals surface area contributed by atoms with Gasteiger partial charge >= 0.3 is 5.97 Å². The van der Waals surface area contributed by atoms with Crippen molar-refractivity contribution in [2.45, 2.75) is 12.8 Å². The molecule has 6 heteroatoms. The third-order valence-electron chi connectivity index (χ3n) is 2.33. The number of hydrogen-bond acceptors (Lipinski definition) is 4. The van der Waals surface area contributed by atoms with Crippen LogP contribution < -0.4 is 4.74 Å². The van der Waals surface area contributed by atoms with Crippen molar-refractivity contribution in [3.05, 3.63) is 45.4 Å². The molecule has 0 aliphatic rings. The van der Waals surface area contributed by atoms with Crippen molar-refractivity contribution < 1.29 is 14.6 Å². The van der Waals surface area contributed by atoms with Crippen molar-refractivity contribution in [2.24, 2.45) is 0 Å². The van der Waals surface area contributed by atoms with Gasteiger partial charge in [-0.1, -0.05) is 11.6 Å². The molecule has 1 N–H and O–H groups in total. The fraction of sp³-hybridized carbons (Fsp3) is 0.231. The highest BCUT2D eigenvalue weighted by atomic mass is 35.5. The van der Waals surface area contributed by atoms with Gasteiger partial charge in [-0.2, -0.15) is 0 Å². The Morgan fingerprint density at radius 1 is 1.37 bits per heavy atom. The van der Waals surface area contributed by atoms with Gasteiger partial charge in [-0.25, -0.2) is 4.98 Å². The first kappa shape index (κ1) is 13.8. The van der Waals surface area contributed by atoms with Crippen LogP contribution in [0.4, 0.5) is 0 Å². The van der Waals surface area contributed by atoms with Crippen molar-refractivity contribution in [1.29, 1.82) is 0 Å². The number of carbonyl (C=O) groups is 1. The van der Waals surface area contributed by atoms with E-state index < -0.39 is 5.97 Å². The van der Waals surface area contributed by atoms with E-state index in [1.165, 1.54) is 11.3 Å². The largest absolute Gasteiger partial charge is 0.493 e.